The molecule has 3 rings (SSSR count). The van der Waals surface area contributed by atoms with Gasteiger partial charge in [0.2, 0.25) is 5.91 Å². The van der Waals surface area contributed by atoms with Crippen LogP contribution in [-0.4, -0.2) is 30.2 Å². The van der Waals surface area contributed by atoms with E-state index < -0.39 is 0 Å². The number of thiazole rings is 1. The van der Waals surface area contributed by atoms with E-state index in [1.807, 2.05) is 53.1 Å². The molecule has 0 aliphatic rings. The van der Waals surface area contributed by atoms with E-state index in [0.717, 1.165) is 15.8 Å². The number of hydrogen-bond acceptors (Lipinski definition) is 5. The van der Waals surface area contributed by atoms with Gasteiger partial charge in [-0.3, -0.25) is 9.59 Å². The normalized spacial score (nSPS) is 11.6. The van der Waals surface area contributed by atoms with Crippen molar-refractivity contribution in [3.8, 4) is 5.75 Å². The summed E-state index contributed by atoms with van der Waals surface area (Å²) < 4.78 is 13.2. The molecule has 1 heterocycles. The van der Waals surface area contributed by atoms with E-state index in [0.29, 0.717) is 36.5 Å². The van der Waals surface area contributed by atoms with Crippen molar-refractivity contribution in [3.63, 3.8) is 0 Å². The minimum absolute atomic E-state index is 0.183. The summed E-state index contributed by atoms with van der Waals surface area (Å²) in [5, 5.41) is 0. The van der Waals surface area contributed by atoms with Crippen LogP contribution in [0.5, 0.6) is 5.75 Å². The smallest absolute Gasteiger partial charge is 0.307 e. The molecule has 0 spiro atoms. The van der Waals surface area contributed by atoms with E-state index in [4.69, 9.17) is 9.47 Å². The molecule has 0 N–H and O–H groups in total. The maximum Gasteiger partial charge on any atom is 0.307 e. The molecule has 6 nitrogen and oxygen atoms in total. The number of benzene rings is 2. The van der Waals surface area contributed by atoms with Crippen LogP contribution in [0.4, 0.5) is 0 Å². The van der Waals surface area contributed by atoms with Crippen LogP contribution in [-0.2, 0) is 27.3 Å². The number of hydrogen-bond donors (Lipinski definition) is 0. The van der Waals surface area contributed by atoms with Gasteiger partial charge in [0.05, 0.1) is 30.4 Å². The van der Waals surface area contributed by atoms with E-state index in [-0.39, 0.29) is 18.3 Å². The second-order valence-electron chi connectivity index (χ2n) is 6.42. The van der Waals surface area contributed by atoms with Crippen molar-refractivity contribution in [2.75, 3.05) is 13.7 Å². The predicted octanol–water partition coefficient (Wildman–Crippen LogP) is 3.72. The number of aromatic nitrogens is 1. The van der Waals surface area contributed by atoms with Crippen LogP contribution >= 0.6 is 11.3 Å². The second-order valence-corrected chi connectivity index (χ2v) is 7.43. The van der Waals surface area contributed by atoms with Gasteiger partial charge in [-0.2, -0.15) is 4.99 Å². The summed E-state index contributed by atoms with van der Waals surface area (Å²) in [5.41, 5.74) is 1.99. The van der Waals surface area contributed by atoms with Gasteiger partial charge >= 0.3 is 5.97 Å². The summed E-state index contributed by atoms with van der Waals surface area (Å²) in [6, 6.07) is 15.6. The molecule has 0 aliphatic heterocycles. The largest absolute Gasteiger partial charge is 0.497 e. The maximum atomic E-state index is 12.5. The molecule has 2 aromatic carbocycles. The SMILES string of the molecule is CCOC(=O)CCn1c(=NC(=O)CCc2ccccc2)sc2ccc(OC)cc21. The number of ether oxygens (including phenoxy) is 2. The van der Waals surface area contributed by atoms with E-state index in [9.17, 15) is 9.59 Å². The molecule has 7 heteroatoms. The number of carbonyl (C=O) groups is 2. The Kier molecular flexibility index (Phi) is 7.19. The van der Waals surface area contributed by atoms with E-state index in [2.05, 4.69) is 4.99 Å². The quantitative estimate of drug-likeness (QED) is 0.529. The van der Waals surface area contributed by atoms with Gasteiger partial charge in [0.15, 0.2) is 4.80 Å². The zero-order valence-electron chi connectivity index (χ0n) is 16.6. The first-order valence-electron chi connectivity index (χ1n) is 9.55. The number of carbonyl (C=O) groups excluding carboxylic acids is 2. The molecular formula is C22H24N2O4S. The lowest BCUT2D eigenvalue weighted by atomic mass is 10.1. The Balaban J connectivity index is 1.88. The molecule has 3 aromatic rings. The van der Waals surface area contributed by atoms with Crippen LogP contribution in [0.3, 0.4) is 0 Å². The molecule has 0 radical (unpaired) electrons. The summed E-state index contributed by atoms with van der Waals surface area (Å²) in [6.07, 6.45) is 1.19. The molecule has 0 aliphatic carbocycles. The molecule has 0 bridgehead atoms. The second kappa shape index (κ2) is 10.0. The maximum absolute atomic E-state index is 12.5. The van der Waals surface area contributed by atoms with Gasteiger partial charge in [-0.25, -0.2) is 0 Å². The Labute approximate surface area is 173 Å². The van der Waals surface area contributed by atoms with Crippen molar-refractivity contribution in [1.82, 2.24) is 4.57 Å². The highest BCUT2D eigenvalue weighted by Gasteiger charge is 2.11. The molecule has 0 atom stereocenters. The lowest BCUT2D eigenvalue weighted by Gasteiger charge is -2.06. The van der Waals surface area contributed by atoms with Crippen LogP contribution in [0.15, 0.2) is 53.5 Å². The third-order valence-corrected chi connectivity index (χ3v) is 5.48. The minimum Gasteiger partial charge on any atom is -0.497 e. The van der Waals surface area contributed by atoms with Crippen LogP contribution in [0.2, 0.25) is 0 Å². The van der Waals surface area contributed by atoms with Crippen LogP contribution in [0.25, 0.3) is 10.2 Å². The van der Waals surface area contributed by atoms with E-state index in [1.54, 1.807) is 14.0 Å². The van der Waals surface area contributed by atoms with Gasteiger partial charge in [0.1, 0.15) is 5.75 Å². The highest BCUT2D eigenvalue weighted by Crippen LogP contribution is 2.23. The Bertz CT molecular complexity index is 1050. The molecule has 29 heavy (non-hydrogen) atoms. The van der Waals surface area contributed by atoms with Crippen LogP contribution in [0.1, 0.15) is 25.3 Å². The molecule has 0 unspecified atom stereocenters. The Hall–Kier alpha value is -2.93. The van der Waals surface area contributed by atoms with Crippen LogP contribution in [0, 0.1) is 0 Å². The number of aryl methyl sites for hydroxylation is 2. The topological polar surface area (TPSA) is 69.9 Å². The standard InChI is InChI=1S/C22H24N2O4S/c1-3-28-21(26)13-14-24-18-15-17(27-2)10-11-19(18)29-22(24)23-20(25)12-9-16-7-5-4-6-8-16/h4-8,10-11,15H,3,9,12-14H2,1-2H3. The average Bonchev–Trinajstić information content (AvgIpc) is 3.07. The average molecular weight is 413 g/mol. The summed E-state index contributed by atoms with van der Waals surface area (Å²) >= 11 is 1.43. The highest BCUT2D eigenvalue weighted by molar-refractivity contribution is 7.16. The molecular weight excluding hydrogens is 388 g/mol. The summed E-state index contributed by atoms with van der Waals surface area (Å²) in [7, 11) is 1.61. The van der Waals surface area contributed by atoms with Crippen molar-refractivity contribution >= 4 is 33.4 Å². The molecule has 152 valence electrons. The van der Waals surface area contributed by atoms with Crippen molar-refractivity contribution in [2.45, 2.75) is 32.7 Å². The Morgan fingerprint density at radius 1 is 1.10 bits per heavy atom. The number of fused-ring (bicyclic) bond motifs is 1. The number of amides is 1. The van der Waals surface area contributed by atoms with Gasteiger partial charge in [-0.1, -0.05) is 41.7 Å². The first-order valence-corrected chi connectivity index (χ1v) is 10.4. The fourth-order valence-electron chi connectivity index (χ4n) is 2.97. The third-order valence-electron chi connectivity index (χ3n) is 4.42. The lowest BCUT2D eigenvalue weighted by Crippen LogP contribution is -2.19. The lowest BCUT2D eigenvalue weighted by molar-refractivity contribution is -0.143. The van der Waals surface area contributed by atoms with Gasteiger partial charge in [0.25, 0.3) is 0 Å². The first-order chi connectivity index (χ1) is 14.1. The van der Waals surface area contributed by atoms with E-state index in [1.165, 1.54) is 11.3 Å². The Morgan fingerprint density at radius 2 is 1.90 bits per heavy atom. The third kappa shape index (κ3) is 5.54. The van der Waals surface area contributed by atoms with Crippen molar-refractivity contribution < 1.29 is 19.1 Å². The zero-order valence-corrected chi connectivity index (χ0v) is 17.4. The number of methoxy groups -OCH3 is 1. The molecule has 0 saturated carbocycles. The first kappa shape index (κ1) is 20.8. The summed E-state index contributed by atoms with van der Waals surface area (Å²) in [4.78, 5) is 29.2. The van der Waals surface area contributed by atoms with Gasteiger partial charge in [0, 0.05) is 19.0 Å². The predicted molar refractivity (Wildman–Crippen MR) is 113 cm³/mol. The van der Waals surface area contributed by atoms with E-state index >= 15 is 0 Å². The highest BCUT2D eigenvalue weighted by atomic mass is 32.1. The molecule has 0 fully saturated rings. The molecule has 1 amide bonds. The zero-order chi connectivity index (χ0) is 20.6. The summed E-state index contributed by atoms with van der Waals surface area (Å²) in [5.74, 6) is 0.253. The number of rotatable bonds is 8. The fraction of sp³-hybridized carbons (Fsp3) is 0.318. The molecule has 0 saturated heterocycles. The van der Waals surface area contributed by atoms with Gasteiger partial charge in [-0.05, 0) is 31.0 Å². The van der Waals surface area contributed by atoms with Crippen molar-refractivity contribution in [2.24, 2.45) is 4.99 Å². The van der Waals surface area contributed by atoms with Crippen molar-refractivity contribution in [1.29, 1.82) is 0 Å². The minimum atomic E-state index is -0.274. The molecule has 1 aromatic heterocycles. The van der Waals surface area contributed by atoms with Crippen LogP contribution < -0.4 is 9.54 Å². The summed E-state index contributed by atoms with van der Waals surface area (Å²) in [6.45, 7) is 2.51. The van der Waals surface area contributed by atoms with Gasteiger partial charge in [-0.15, -0.1) is 0 Å². The Morgan fingerprint density at radius 3 is 2.62 bits per heavy atom. The number of esters is 1. The monoisotopic (exact) mass is 412 g/mol. The number of nitrogens with zero attached hydrogens (tertiary/aromatic N) is 2. The van der Waals surface area contributed by atoms with Crippen molar-refractivity contribution in [3.05, 3.63) is 58.9 Å². The van der Waals surface area contributed by atoms with Gasteiger partial charge < -0.3 is 14.0 Å². The fourth-order valence-corrected chi connectivity index (χ4v) is 4.03.